The van der Waals surface area contributed by atoms with Crippen molar-refractivity contribution in [1.82, 2.24) is 5.32 Å². The third-order valence-electron chi connectivity index (χ3n) is 3.34. The summed E-state index contributed by atoms with van der Waals surface area (Å²) in [6.45, 7) is 0.996. The minimum atomic E-state index is -0.707. The molecule has 2 rings (SSSR count). The van der Waals surface area contributed by atoms with Gasteiger partial charge in [0.2, 0.25) is 11.8 Å². The van der Waals surface area contributed by atoms with Gasteiger partial charge in [0, 0.05) is 17.5 Å². The summed E-state index contributed by atoms with van der Waals surface area (Å²) in [6.07, 6.45) is 1.06. The lowest BCUT2D eigenvalue weighted by atomic mass is 10.0. The highest BCUT2D eigenvalue weighted by Gasteiger charge is 2.27. The predicted octanol–water partition coefficient (Wildman–Crippen LogP) is 0.998. The highest BCUT2D eigenvalue weighted by molar-refractivity contribution is 9.10. The zero-order valence-electron chi connectivity index (χ0n) is 11.0. The summed E-state index contributed by atoms with van der Waals surface area (Å²) in [5.41, 5.74) is 6.31. The number of carbonyl (C=O) groups excluding carboxylic acids is 2. The van der Waals surface area contributed by atoms with Crippen LogP contribution in [-0.2, 0) is 20.7 Å². The molecule has 6 heteroatoms. The van der Waals surface area contributed by atoms with E-state index < -0.39 is 11.9 Å². The number of benzene rings is 1. The van der Waals surface area contributed by atoms with Crippen LogP contribution in [0.2, 0.25) is 0 Å². The number of primary amides is 1. The average molecular weight is 341 g/mol. The van der Waals surface area contributed by atoms with Gasteiger partial charge in [-0.15, -0.1) is 0 Å². The molecule has 0 unspecified atom stereocenters. The molecule has 2 atom stereocenters. The maximum absolute atomic E-state index is 12.0. The first-order chi connectivity index (χ1) is 9.58. The fraction of sp³-hybridized carbons (Fsp3) is 0.429. The molecule has 0 saturated carbocycles. The molecule has 5 nitrogen and oxygen atoms in total. The van der Waals surface area contributed by atoms with Gasteiger partial charge in [0.15, 0.2) is 0 Å². The molecule has 20 heavy (non-hydrogen) atoms. The number of nitrogens with two attached hydrogens (primary N) is 1. The lowest BCUT2D eigenvalue weighted by molar-refractivity contribution is -0.129. The molecule has 3 N–H and O–H groups in total. The summed E-state index contributed by atoms with van der Waals surface area (Å²) in [6, 6.07) is 6.85. The number of halogens is 1. The molecule has 1 aliphatic rings. The van der Waals surface area contributed by atoms with Crippen molar-refractivity contribution < 1.29 is 14.3 Å². The van der Waals surface area contributed by atoms with E-state index in [1.807, 2.05) is 24.3 Å². The summed E-state index contributed by atoms with van der Waals surface area (Å²) in [4.78, 5) is 23.6. The van der Waals surface area contributed by atoms with Crippen molar-refractivity contribution in [1.29, 1.82) is 0 Å². The maximum atomic E-state index is 12.0. The topological polar surface area (TPSA) is 81.4 Å². The Morgan fingerprint density at radius 2 is 2.20 bits per heavy atom. The van der Waals surface area contributed by atoms with Crippen LogP contribution >= 0.6 is 15.9 Å². The third kappa shape index (κ3) is 3.80. The number of carbonyl (C=O) groups is 2. The minimum Gasteiger partial charge on any atom is -0.381 e. The predicted molar refractivity (Wildman–Crippen MR) is 77.9 cm³/mol. The van der Waals surface area contributed by atoms with Crippen molar-refractivity contribution in [3.05, 3.63) is 34.3 Å². The molecule has 1 heterocycles. The molecule has 0 spiro atoms. The Labute approximate surface area is 126 Å². The van der Waals surface area contributed by atoms with Crippen molar-refractivity contribution in [2.75, 3.05) is 13.2 Å². The lowest BCUT2D eigenvalue weighted by Crippen LogP contribution is -2.48. The van der Waals surface area contributed by atoms with E-state index in [2.05, 4.69) is 21.2 Å². The Morgan fingerprint density at radius 3 is 2.80 bits per heavy atom. The van der Waals surface area contributed by atoms with E-state index in [-0.39, 0.29) is 11.8 Å². The van der Waals surface area contributed by atoms with Gasteiger partial charge >= 0.3 is 0 Å². The second kappa shape index (κ2) is 6.85. The van der Waals surface area contributed by atoms with E-state index in [1.165, 1.54) is 0 Å². The van der Waals surface area contributed by atoms with Crippen molar-refractivity contribution in [3.63, 3.8) is 0 Å². The molecule has 1 aromatic rings. The molecule has 2 amide bonds. The van der Waals surface area contributed by atoms with Gasteiger partial charge < -0.3 is 15.8 Å². The van der Waals surface area contributed by atoms with E-state index in [0.29, 0.717) is 26.1 Å². The van der Waals surface area contributed by atoms with Gasteiger partial charge in [-0.1, -0.05) is 34.1 Å². The van der Waals surface area contributed by atoms with Gasteiger partial charge in [-0.3, -0.25) is 9.59 Å². The van der Waals surface area contributed by atoms with E-state index >= 15 is 0 Å². The number of nitrogens with one attached hydrogen (secondary N) is 1. The Bertz CT molecular complexity index is 501. The van der Waals surface area contributed by atoms with Crippen LogP contribution in [0.1, 0.15) is 12.0 Å². The normalized spacial score (nSPS) is 19.6. The van der Waals surface area contributed by atoms with Crippen LogP contribution in [0.25, 0.3) is 0 Å². The highest BCUT2D eigenvalue weighted by Crippen LogP contribution is 2.18. The molecule has 0 bridgehead atoms. The highest BCUT2D eigenvalue weighted by atomic mass is 79.9. The summed E-state index contributed by atoms with van der Waals surface area (Å²) >= 11 is 3.42. The van der Waals surface area contributed by atoms with Crippen molar-refractivity contribution in [2.24, 2.45) is 11.7 Å². The number of ether oxygens (including phenoxy) is 1. The quantitative estimate of drug-likeness (QED) is 0.838. The monoisotopic (exact) mass is 340 g/mol. The third-order valence-corrected chi connectivity index (χ3v) is 4.12. The Balaban J connectivity index is 2.02. The number of rotatable bonds is 5. The van der Waals surface area contributed by atoms with Gasteiger partial charge in [-0.25, -0.2) is 0 Å². The lowest BCUT2D eigenvalue weighted by Gasteiger charge is -2.18. The molecule has 1 fully saturated rings. The number of hydrogen-bond donors (Lipinski definition) is 2. The van der Waals surface area contributed by atoms with Crippen molar-refractivity contribution >= 4 is 27.7 Å². The number of amides is 2. The zero-order chi connectivity index (χ0) is 14.5. The fourth-order valence-corrected chi connectivity index (χ4v) is 2.58. The van der Waals surface area contributed by atoms with Crippen LogP contribution < -0.4 is 11.1 Å². The zero-order valence-corrected chi connectivity index (χ0v) is 12.6. The summed E-state index contributed by atoms with van der Waals surface area (Å²) < 4.78 is 6.07. The smallest absolute Gasteiger partial charge is 0.240 e. The molecule has 0 aliphatic carbocycles. The summed E-state index contributed by atoms with van der Waals surface area (Å²) in [5, 5.41) is 2.72. The molecule has 0 aromatic heterocycles. The van der Waals surface area contributed by atoms with Crippen LogP contribution in [0, 0.1) is 5.92 Å². The van der Waals surface area contributed by atoms with E-state index in [0.717, 1.165) is 10.0 Å². The van der Waals surface area contributed by atoms with Gasteiger partial charge in [0.1, 0.15) is 6.04 Å². The fourth-order valence-electron chi connectivity index (χ4n) is 2.14. The molecule has 1 saturated heterocycles. The van der Waals surface area contributed by atoms with Crippen LogP contribution in [0.5, 0.6) is 0 Å². The maximum Gasteiger partial charge on any atom is 0.240 e. The molecule has 1 aromatic carbocycles. The Morgan fingerprint density at radius 1 is 1.45 bits per heavy atom. The van der Waals surface area contributed by atoms with Gasteiger partial charge in [0.25, 0.3) is 0 Å². The van der Waals surface area contributed by atoms with Crippen molar-refractivity contribution in [2.45, 2.75) is 18.9 Å². The summed E-state index contributed by atoms with van der Waals surface area (Å²) in [5.74, 6) is -0.887. The van der Waals surface area contributed by atoms with Gasteiger partial charge in [0.05, 0.1) is 12.5 Å². The second-order valence-corrected chi connectivity index (χ2v) is 5.67. The van der Waals surface area contributed by atoms with Crippen LogP contribution in [-0.4, -0.2) is 31.1 Å². The minimum absolute atomic E-state index is 0.168. The van der Waals surface area contributed by atoms with Crippen LogP contribution in [0.3, 0.4) is 0 Å². The van der Waals surface area contributed by atoms with Crippen LogP contribution in [0.4, 0.5) is 0 Å². The van der Waals surface area contributed by atoms with Crippen molar-refractivity contribution in [3.8, 4) is 0 Å². The summed E-state index contributed by atoms with van der Waals surface area (Å²) in [7, 11) is 0. The van der Waals surface area contributed by atoms with E-state index in [4.69, 9.17) is 10.5 Å². The van der Waals surface area contributed by atoms with Gasteiger partial charge in [-0.2, -0.15) is 0 Å². The first-order valence-corrected chi connectivity index (χ1v) is 7.28. The first kappa shape index (κ1) is 15.0. The Hall–Kier alpha value is -1.40. The SMILES string of the molecule is NC(=O)[C@H](Cc1ccccc1Br)NC(=O)[C@H]1CCOC1. The number of hydrogen-bond acceptors (Lipinski definition) is 3. The molecule has 108 valence electrons. The molecule has 0 radical (unpaired) electrons. The Kier molecular flexibility index (Phi) is 5.14. The van der Waals surface area contributed by atoms with E-state index in [9.17, 15) is 9.59 Å². The molecule has 1 aliphatic heterocycles. The average Bonchev–Trinajstić information content (AvgIpc) is 2.94. The van der Waals surface area contributed by atoms with Gasteiger partial charge in [-0.05, 0) is 18.1 Å². The first-order valence-electron chi connectivity index (χ1n) is 6.48. The van der Waals surface area contributed by atoms with E-state index in [1.54, 1.807) is 0 Å². The standard InChI is InChI=1S/C14H17BrN2O3/c15-11-4-2-1-3-9(11)7-12(13(16)18)17-14(19)10-5-6-20-8-10/h1-4,10,12H,5-8H2,(H2,16,18)(H,17,19)/t10-,12-/m0/s1. The molecular weight excluding hydrogens is 324 g/mol. The second-order valence-electron chi connectivity index (χ2n) is 4.82. The van der Waals surface area contributed by atoms with Crippen LogP contribution in [0.15, 0.2) is 28.7 Å². The largest absolute Gasteiger partial charge is 0.381 e. The molecular formula is C14H17BrN2O3.